The number of aromatic nitrogens is 4. The summed E-state index contributed by atoms with van der Waals surface area (Å²) in [4.78, 5) is 16.8. The molecule has 1 N–H and O–H groups in total. The number of amides is 1. The van der Waals surface area contributed by atoms with Crippen LogP contribution >= 0.6 is 0 Å². The van der Waals surface area contributed by atoms with Crippen LogP contribution in [0.5, 0.6) is 0 Å². The minimum Gasteiger partial charge on any atom is -0.331 e. The smallest absolute Gasteiger partial charge is 0.228 e. The van der Waals surface area contributed by atoms with Gasteiger partial charge in [-0.05, 0) is 38.0 Å². The molecule has 1 fully saturated rings. The summed E-state index contributed by atoms with van der Waals surface area (Å²) in [5.41, 5.74) is 2.93. The fourth-order valence-corrected chi connectivity index (χ4v) is 3.63. The van der Waals surface area contributed by atoms with Gasteiger partial charge in [0.15, 0.2) is 5.82 Å². The Morgan fingerprint density at radius 3 is 2.69 bits per heavy atom. The maximum atomic E-state index is 12.4. The third kappa shape index (κ3) is 3.19. The number of anilines is 1. The normalized spacial score (nSPS) is 15.3. The van der Waals surface area contributed by atoms with Crippen LogP contribution < -0.4 is 5.32 Å². The highest BCUT2D eigenvalue weighted by atomic mass is 16.1. The molecule has 3 aromatic rings. The molecule has 0 unspecified atom stereocenters. The second-order valence-corrected chi connectivity index (χ2v) is 7.08. The van der Waals surface area contributed by atoms with Crippen LogP contribution in [0.4, 0.5) is 5.82 Å². The van der Waals surface area contributed by atoms with Crippen molar-refractivity contribution in [2.75, 3.05) is 5.32 Å². The van der Waals surface area contributed by atoms with Crippen molar-refractivity contribution in [2.24, 2.45) is 13.0 Å². The Morgan fingerprint density at radius 1 is 1.15 bits per heavy atom. The second kappa shape index (κ2) is 6.86. The molecule has 1 aliphatic carbocycles. The SMILES string of the molecule is Cc1ncc(-c2ccc3nnc(NC(=O)C4CCCCC4)cc3c2)n1C. The molecule has 0 bridgehead atoms. The Hall–Kier alpha value is -2.76. The van der Waals surface area contributed by atoms with Crippen molar-refractivity contribution >= 4 is 22.6 Å². The van der Waals surface area contributed by atoms with Crippen LogP contribution in [0.1, 0.15) is 37.9 Å². The summed E-state index contributed by atoms with van der Waals surface area (Å²) in [6, 6.07) is 7.94. The van der Waals surface area contributed by atoms with Crippen molar-refractivity contribution in [1.29, 1.82) is 0 Å². The molecule has 0 radical (unpaired) electrons. The van der Waals surface area contributed by atoms with E-state index >= 15 is 0 Å². The van der Waals surface area contributed by atoms with Crippen molar-refractivity contribution in [2.45, 2.75) is 39.0 Å². The number of nitrogens with one attached hydrogen (secondary N) is 1. The number of rotatable bonds is 3. The average Bonchev–Trinajstić information content (AvgIpc) is 3.00. The lowest BCUT2D eigenvalue weighted by atomic mass is 9.89. The molecule has 26 heavy (non-hydrogen) atoms. The molecular formula is C20H23N5O. The van der Waals surface area contributed by atoms with E-state index in [4.69, 9.17) is 0 Å². The van der Waals surface area contributed by atoms with Crippen LogP contribution in [-0.4, -0.2) is 25.7 Å². The van der Waals surface area contributed by atoms with E-state index in [9.17, 15) is 4.79 Å². The van der Waals surface area contributed by atoms with Gasteiger partial charge in [0.25, 0.3) is 0 Å². The topological polar surface area (TPSA) is 72.7 Å². The van der Waals surface area contributed by atoms with Crippen LogP contribution in [0.2, 0.25) is 0 Å². The van der Waals surface area contributed by atoms with Gasteiger partial charge in [0.05, 0.1) is 17.4 Å². The highest BCUT2D eigenvalue weighted by Gasteiger charge is 2.21. The van der Waals surface area contributed by atoms with Gasteiger partial charge >= 0.3 is 0 Å². The predicted molar refractivity (Wildman–Crippen MR) is 102 cm³/mol. The van der Waals surface area contributed by atoms with Crippen LogP contribution in [-0.2, 0) is 11.8 Å². The van der Waals surface area contributed by atoms with Gasteiger partial charge in [-0.1, -0.05) is 25.3 Å². The average molecular weight is 349 g/mol. The number of nitrogens with zero attached hydrogens (tertiary/aromatic N) is 4. The summed E-state index contributed by atoms with van der Waals surface area (Å²) < 4.78 is 2.06. The number of fused-ring (bicyclic) bond motifs is 1. The highest BCUT2D eigenvalue weighted by Crippen LogP contribution is 2.27. The number of aryl methyl sites for hydroxylation is 1. The van der Waals surface area contributed by atoms with Crippen molar-refractivity contribution in [3.8, 4) is 11.3 Å². The zero-order valence-corrected chi connectivity index (χ0v) is 15.2. The lowest BCUT2D eigenvalue weighted by Gasteiger charge is -2.20. The third-order valence-electron chi connectivity index (χ3n) is 5.33. The van der Waals surface area contributed by atoms with Gasteiger partial charge in [-0.3, -0.25) is 4.79 Å². The van der Waals surface area contributed by atoms with E-state index in [1.807, 2.05) is 38.4 Å². The Balaban J connectivity index is 1.61. The fraction of sp³-hybridized carbons (Fsp3) is 0.400. The molecule has 6 heteroatoms. The zero-order chi connectivity index (χ0) is 18.1. The molecule has 1 amide bonds. The standard InChI is InChI=1S/C20H23N5O/c1-13-21-12-18(25(13)2)15-8-9-17-16(10-15)11-19(24-23-17)22-20(26)14-6-4-3-5-7-14/h8-12,14H,3-7H2,1-2H3,(H,22,24,26). The maximum absolute atomic E-state index is 12.4. The van der Waals surface area contributed by atoms with Gasteiger partial charge in [-0.15, -0.1) is 10.2 Å². The van der Waals surface area contributed by atoms with Gasteiger partial charge in [0.1, 0.15) is 5.82 Å². The van der Waals surface area contributed by atoms with Crippen molar-refractivity contribution < 1.29 is 4.79 Å². The van der Waals surface area contributed by atoms with Crippen molar-refractivity contribution in [1.82, 2.24) is 19.7 Å². The number of carbonyl (C=O) groups excluding carboxylic acids is 1. The summed E-state index contributed by atoms with van der Waals surface area (Å²) in [5.74, 6) is 1.65. The Morgan fingerprint density at radius 2 is 1.96 bits per heavy atom. The minimum absolute atomic E-state index is 0.0664. The third-order valence-corrected chi connectivity index (χ3v) is 5.33. The monoisotopic (exact) mass is 349 g/mol. The van der Waals surface area contributed by atoms with E-state index in [1.165, 1.54) is 6.42 Å². The number of carbonyl (C=O) groups is 1. The summed E-state index contributed by atoms with van der Waals surface area (Å²) >= 11 is 0. The number of hydrogen-bond acceptors (Lipinski definition) is 4. The maximum Gasteiger partial charge on any atom is 0.228 e. The van der Waals surface area contributed by atoms with E-state index in [1.54, 1.807) is 0 Å². The molecule has 134 valence electrons. The Bertz CT molecular complexity index is 956. The molecule has 1 saturated carbocycles. The van der Waals surface area contributed by atoms with Gasteiger partial charge in [0.2, 0.25) is 5.91 Å². The minimum atomic E-state index is 0.0664. The molecule has 2 heterocycles. The first-order valence-corrected chi connectivity index (χ1v) is 9.19. The fourth-order valence-electron chi connectivity index (χ4n) is 3.63. The molecule has 0 saturated heterocycles. The summed E-state index contributed by atoms with van der Waals surface area (Å²) in [6.45, 7) is 1.98. The Labute approximate surface area is 152 Å². The summed E-state index contributed by atoms with van der Waals surface area (Å²) in [7, 11) is 2.00. The lowest BCUT2D eigenvalue weighted by molar-refractivity contribution is -0.120. The molecule has 2 aromatic heterocycles. The zero-order valence-electron chi connectivity index (χ0n) is 15.2. The molecule has 0 atom stereocenters. The Kier molecular flexibility index (Phi) is 4.41. The second-order valence-electron chi connectivity index (χ2n) is 7.08. The molecular weight excluding hydrogens is 326 g/mol. The molecule has 1 aliphatic rings. The molecule has 4 rings (SSSR count). The number of imidazole rings is 1. The lowest BCUT2D eigenvalue weighted by Crippen LogP contribution is -2.25. The summed E-state index contributed by atoms with van der Waals surface area (Å²) in [5, 5.41) is 12.3. The number of benzene rings is 1. The van der Waals surface area contributed by atoms with Gasteiger partial charge in [-0.2, -0.15) is 0 Å². The molecule has 6 nitrogen and oxygen atoms in total. The first kappa shape index (κ1) is 16.7. The first-order valence-electron chi connectivity index (χ1n) is 9.19. The van der Waals surface area contributed by atoms with Gasteiger partial charge < -0.3 is 9.88 Å². The van der Waals surface area contributed by atoms with Crippen LogP contribution in [0.15, 0.2) is 30.5 Å². The predicted octanol–water partition coefficient (Wildman–Crippen LogP) is 3.86. The van der Waals surface area contributed by atoms with E-state index in [-0.39, 0.29) is 11.8 Å². The number of hydrogen-bond donors (Lipinski definition) is 1. The van der Waals surface area contributed by atoms with E-state index in [0.717, 1.165) is 53.7 Å². The summed E-state index contributed by atoms with van der Waals surface area (Å²) in [6.07, 6.45) is 7.31. The molecule has 1 aromatic carbocycles. The van der Waals surface area contributed by atoms with Gasteiger partial charge in [-0.25, -0.2) is 4.98 Å². The van der Waals surface area contributed by atoms with Gasteiger partial charge in [0, 0.05) is 23.9 Å². The molecule has 0 spiro atoms. The van der Waals surface area contributed by atoms with Crippen LogP contribution in [0.3, 0.4) is 0 Å². The molecule has 0 aliphatic heterocycles. The van der Waals surface area contributed by atoms with Crippen molar-refractivity contribution in [3.05, 3.63) is 36.3 Å². The van der Waals surface area contributed by atoms with Crippen LogP contribution in [0, 0.1) is 12.8 Å². The highest BCUT2D eigenvalue weighted by molar-refractivity contribution is 5.94. The van der Waals surface area contributed by atoms with E-state index < -0.39 is 0 Å². The van der Waals surface area contributed by atoms with Crippen LogP contribution in [0.25, 0.3) is 22.2 Å². The largest absolute Gasteiger partial charge is 0.331 e. The first-order chi connectivity index (χ1) is 12.6. The quantitative estimate of drug-likeness (QED) is 0.779. The van der Waals surface area contributed by atoms with E-state index in [0.29, 0.717) is 5.82 Å². The van der Waals surface area contributed by atoms with E-state index in [2.05, 4.69) is 31.1 Å². The van der Waals surface area contributed by atoms with Crippen molar-refractivity contribution in [3.63, 3.8) is 0 Å².